The monoisotopic (exact) mass is 553 g/mol. The van der Waals surface area contributed by atoms with Gasteiger partial charge in [-0.3, -0.25) is 0 Å². The maximum atomic E-state index is 7.57. The minimum absolute atomic E-state index is 0. The molecule has 0 amide bonds. The molecule has 5 heteroatoms. The fourth-order valence-electron chi connectivity index (χ4n) is 3.58. The summed E-state index contributed by atoms with van der Waals surface area (Å²) < 4.78 is 0. The van der Waals surface area contributed by atoms with E-state index in [4.69, 9.17) is 5.11 Å². The summed E-state index contributed by atoms with van der Waals surface area (Å²) in [6, 6.07) is 33.5. The minimum atomic E-state index is -1.61. The van der Waals surface area contributed by atoms with Gasteiger partial charge >= 0.3 is 0 Å². The predicted octanol–water partition coefficient (Wildman–Crippen LogP) is -2.60. The zero-order valence-corrected chi connectivity index (χ0v) is 21.8. The van der Waals surface area contributed by atoms with Crippen LogP contribution in [-0.4, -0.2) is 24.4 Å². The molecule has 0 saturated heterocycles. The van der Waals surface area contributed by atoms with Crippen LogP contribution in [0.2, 0.25) is 0 Å². The van der Waals surface area contributed by atoms with Crippen molar-refractivity contribution in [1.82, 2.24) is 0 Å². The molecule has 0 radical (unpaired) electrons. The summed E-state index contributed by atoms with van der Waals surface area (Å²) in [6.45, 7) is 2.97. The summed E-state index contributed by atoms with van der Waals surface area (Å²) in [5.41, 5.74) is 4.00. The van der Waals surface area contributed by atoms with Crippen LogP contribution in [0.15, 0.2) is 91.0 Å². The topological polar surface area (TPSA) is 47.9 Å². The van der Waals surface area contributed by atoms with Gasteiger partial charge in [-0.15, -0.1) is 0 Å². The smallest absolute Gasteiger partial charge is 0.112 e. The van der Waals surface area contributed by atoms with Crippen LogP contribution < -0.4 is 55.6 Å². The van der Waals surface area contributed by atoms with Crippen molar-refractivity contribution in [2.75, 3.05) is 19.3 Å². The zero-order valence-electron chi connectivity index (χ0n) is 17.8. The molecule has 3 aromatic rings. The molecule has 0 aliphatic rings. The number of hydrogen-bond donors (Lipinski definition) is 2. The van der Waals surface area contributed by atoms with Gasteiger partial charge in [-0.05, 0) is 62.6 Å². The maximum Gasteiger partial charge on any atom is 0.112 e. The van der Waals surface area contributed by atoms with Crippen molar-refractivity contribution in [3.8, 4) is 0 Å². The molecule has 0 heterocycles. The molecule has 4 N–H and O–H groups in total. The standard InChI is InChI=1S/C23H27NP.C2H6O.2BrH/c24-19-11-4-12-20-25(21-13-5-1-6-14-21,22-15-7-2-8-16-22)23-17-9-3-10-18-23;1-2-3;;/h1-3,5-10,13-18H,4,11-12,19-20,24H2;3H,2H2,1H3;2*1H/q+1;;;/p-1. The van der Waals surface area contributed by atoms with Crippen LogP contribution in [0.5, 0.6) is 0 Å². The fourth-order valence-corrected chi connectivity index (χ4v) is 7.99. The Balaban J connectivity index is 0.00000159. The summed E-state index contributed by atoms with van der Waals surface area (Å²) in [5, 5.41) is 12.0. The highest BCUT2D eigenvalue weighted by Crippen LogP contribution is 2.55. The Bertz CT molecular complexity index is 676. The molecule has 3 aromatic carbocycles. The Kier molecular flexibility index (Phi) is 16.1. The summed E-state index contributed by atoms with van der Waals surface area (Å²) in [7, 11) is -1.61. The second kappa shape index (κ2) is 16.6. The van der Waals surface area contributed by atoms with E-state index >= 15 is 0 Å². The largest absolute Gasteiger partial charge is 1.00 e. The van der Waals surface area contributed by atoms with Crippen LogP contribution in [0.3, 0.4) is 0 Å². The van der Waals surface area contributed by atoms with Crippen molar-refractivity contribution in [3.63, 3.8) is 0 Å². The van der Waals surface area contributed by atoms with Crippen LogP contribution in [0.25, 0.3) is 0 Å². The van der Waals surface area contributed by atoms with Gasteiger partial charge in [-0.2, -0.15) is 0 Å². The average Bonchev–Trinajstić information content (AvgIpc) is 2.77. The SMILES string of the molecule is CCO.[Br-].[Br-].[NH3+]CCCCC[P+](c1ccccc1)(c1ccccc1)c1ccccc1. The molecule has 0 spiro atoms. The van der Waals surface area contributed by atoms with Crippen LogP contribution in [-0.2, 0) is 0 Å². The number of quaternary nitrogens is 1. The molecular formula is C25H34Br2NOP. The predicted molar refractivity (Wildman–Crippen MR) is 124 cm³/mol. The van der Waals surface area contributed by atoms with Gasteiger partial charge in [0.15, 0.2) is 0 Å². The van der Waals surface area contributed by atoms with Gasteiger partial charge in [-0.25, -0.2) is 0 Å². The lowest BCUT2D eigenvalue weighted by molar-refractivity contribution is -0.368. The van der Waals surface area contributed by atoms with Gasteiger partial charge in [0.1, 0.15) is 23.2 Å². The number of unbranched alkanes of at least 4 members (excludes halogenated alkanes) is 2. The molecule has 30 heavy (non-hydrogen) atoms. The van der Waals surface area contributed by atoms with Gasteiger partial charge in [0.2, 0.25) is 0 Å². The Labute approximate surface area is 203 Å². The highest BCUT2D eigenvalue weighted by atomic mass is 79.9. The van der Waals surface area contributed by atoms with Gasteiger partial charge in [-0.1, -0.05) is 54.6 Å². The van der Waals surface area contributed by atoms with Crippen molar-refractivity contribution in [3.05, 3.63) is 91.0 Å². The number of hydrogen-bond acceptors (Lipinski definition) is 1. The van der Waals surface area contributed by atoms with E-state index in [1.807, 2.05) is 0 Å². The molecule has 164 valence electrons. The van der Waals surface area contributed by atoms with Crippen LogP contribution >= 0.6 is 7.26 Å². The third-order valence-electron chi connectivity index (χ3n) is 4.83. The number of halogens is 2. The van der Waals surface area contributed by atoms with E-state index < -0.39 is 7.26 Å². The number of benzene rings is 3. The summed E-state index contributed by atoms with van der Waals surface area (Å²) in [6.07, 6.45) is 4.96. The molecule has 0 fully saturated rings. The lowest BCUT2D eigenvalue weighted by atomic mass is 10.2. The minimum Gasteiger partial charge on any atom is -1.00 e. The van der Waals surface area contributed by atoms with E-state index in [0.29, 0.717) is 0 Å². The third-order valence-corrected chi connectivity index (χ3v) is 9.36. The molecule has 0 aliphatic carbocycles. The Morgan fingerprint density at radius 3 is 1.27 bits per heavy atom. The van der Waals surface area contributed by atoms with E-state index in [-0.39, 0.29) is 40.6 Å². The molecule has 0 saturated carbocycles. The first-order valence-electron chi connectivity index (χ1n) is 10.2. The van der Waals surface area contributed by atoms with Gasteiger partial charge < -0.3 is 44.8 Å². The van der Waals surface area contributed by atoms with E-state index in [0.717, 1.165) is 6.54 Å². The van der Waals surface area contributed by atoms with E-state index in [2.05, 4.69) is 96.7 Å². The van der Waals surface area contributed by atoms with Crippen molar-refractivity contribution in [2.45, 2.75) is 26.2 Å². The first-order valence-corrected chi connectivity index (χ1v) is 12.2. The van der Waals surface area contributed by atoms with Gasteiger partial charge in [0.25, 0.3) is 0 Å². The quantitative estimate of drug-likeness (QED) is 0.233. The molecule has 3 rings (SSSR count). The average molecular weight is 555 g/mol. The fraction of sp³-hybridized carbons (Fsp3) is 0.280. The molecular weight excluding hydrogens is 521 g/mol. The molecule has 0 atom stereocenters. The highest BCUT2D eigenvalue weighted by molar-refractivity contribution is 7.95. The number of rotatable bonds is 8. The molecule has 0 aromatic heterocycles. The van der Waals surface area contributed by atoms with Crippen molar-refractivity contribution in [1.29, 1.82) is 0 Å². The Hall–Kier alpha value is -1.03. The molecule has 0 aliphatic heterocycles. The van der Waals surface area contributed by atoms with Gasteiger partial charge in [0.05, 0.1) is 12.7 Å². The first-order chi connectivity index (χ1) is 13.8. The summed E-state index contributed by atoms with van der Waals surface area (Å²) in [5.74, 6) is 0. The molecule has 0 unspecified atom stereocenters. The zero-order chi connectivity index (χ0) is 20.1. The Morgan fingerprint density at radius 1 is 0.633 bits per heavy atom. The van der Waals surface area contributed by atoms with E-state index in [9.17, 15) is 0 Å². The van der Waals surface area contributed by atoms with Gasteiger partial charge in [0, 0.05) is 6.61 Å². The van der Waals surface area contributed by atoms with Crippen molar-refractivity contribution in [2.24, 2.45) is 0 Å². The number of aliphatic hydroxyl groups excluding tert-OH is 1. The lowest BCUT2D eigenvalue weighted by Crippen LogP contribution is -3.00. The number of aliphatic hydroxyl groups is 1. The normalized spacial score (nSPS) is 10.1. The lowest BCUT2D eigenvalue weighted by Gasteiger charge is -2.27. The van der Waals surface area contributed by atoms with E-state index in [1.165, 1.54) is 41.3 Å². The summed E-state index contributed by atoms with van der Waals surface area (Å²) >= 11 is 0. The van der Waals surface area contributed by atoms with Crippen LogP contribution in [0, 0.1) is 0 Å². The Morgan fingerprint density at radius 2 is 0.967 bits per heavy atom. The third kappa shape index (κ3) is 7.90. The van der Waals surface area contributed by atoms with Crippen molar-refractivity contribution < 1.29 is 44.8 Å². The molecule has 2 nitrogen and oxygen atoms in total. The maximum absolute atomic E-state index is 7.57. The van der Waals surface area contributed by atoms with Crippen LogP contribution in [0.1, 0.15) is 26.2 Å². The second-order valence-corrected chi connectivity index (χ2v) is 10.4. The first kappa shape index (κ1) is 29.0. The van der Waals surface area contributed by atoms with Crippen LogP contribution in [0.4, 0.5) is 0 Å². The highest BCUT2D eigenvalue weighted by Gasteiger charge is 2.44. The van der Waals surface area contributed by atoms with Crippen molar-refractivity contribution >= 4 is 23.2 Å². The second-order valence-electron chi connectivity index (χ2n) is 6.77. The van der Waals surface area contributed by atoms with E-state index in [1.54, 1.807) is 6.92 Å². The summed E-state index contributed by atoms with van der Waals surface area (Å²) in [4.78, 5) is 0. The molecule has 0 bridgehead atoms.